The number of piperidine rings is 1. The van der Waals surface area contributed by atoms with Gasteiger partial charge in [0.25, 0.3) is 5.91 Å². The third kappa shape index (κ3) is 5.70. The van der Waals surface area contributed by atoms with E-state index in [-0.39, 0.29) is 11.7 Å². The number of carbonyl (C=O) groups is 2. The topological polar surface area (TPSA) is 165 Å². The summed E-state index contributed by atoms with van der Waals surface area (Å²) in [5.41, 5.74) is 0.493. The first-order valence-corrected chi connectivity index (χ1v) is 14.4. The quantitative estimate of drug-likeness (QED) is 0.382. The Kier molecular flexibility index (Phi) is 7.23. The highest BCUT2D eigenvalue weighted by molar-refractivity contribution is 7.50. The van der Waals surface area contributed by atoms with Crippen molar-refractivity contribution < 1.29 is 38.2 Å². The molecule has 1 aromatic carbocycles. The maximum Gasteiger partial charge on any atom is 0.409 e. The molecule has 0 aliphatic carbocycles. The lowest BCUT2D eigenvalue weighted by Gasteiger charge is -2.46. The molecule has 0 radical (unpaired) electrons. The predicted molar refractivity (Wildman–Crippen MR) is 139 cm³/mol. The van der Waals surface area contributed by atoms with E-state index in [0.717, 1.165) is 4.68 Å². The number of nitrogens with zero attached hydrogens (tertiary/aromatic N) is 4. The summed E-state index contributed by atoms with van der Waals surface area (Å²) < 4.78 is 29.5. The molecule has 2 amide bonds. The van der Waals surface area contributed by atoms with Crippen molar-refractivity contribution in [3.63, 3.8) is 0 Å². The molecule has 1 spiro atoms. The van der Waals surface area contributed by atoms with Crippen LogP contribution in [0.3, 0.4) is 0 Å². The highest BCUT2D eigenvalue weighted by Crippen LogP contribution is 2.44. The van der Waals surface area contributed by atoms with E-state index < -0.39 is 31.4 Å². The van der Waals surface area contributed by atoms with Gasteiger partial charge in [0.05, 0.1) is 25.3 Å². The number of nitrogens with one attached hydrogen (secondary N) is 1. The van der Waals surface area contributed by atoms with Crippen molar-refractivity contribution in [1.82, 2.24) is 25.0 Å². The molecule has 14 heteroatoms. The van der Waals surface area contributed by atoms with Crippen LogP contribution >= 0.6 is 7.60 Å². The first-order chi connectivity index (χ1) is 18.6. The van der Waals surface area contributed by atoms with E-state index in [2.05, 4.69) is 15.4 Å². The summed E-state index contributed by atoms with van der Waals surface area (Å²) >= 11 is 0. The number of rotatable bonds is 6. The van der Waals surface area contributed by atoms with E-state index in [1.807, 2.05) is 0 Å². The van der Waals surface area contributed by atoms with Crippen molar-refractivity contribution >= 4 is 30.5 Å². The maximum atomic E-state index is 13.6. The number of hydrogen-bond donors (Lipinski definition) is 3. The van der Waals surface area contributed by atoms with E-state index >= 15 is 0 Å². The minimum Gasteiger partial charge on any atom is -0.485 e. The van der Waals surface area contributed by atoms with E-state index in [9.17, 15) is 23.9 Å². The Balaban J connectivity index is 1.42. The standard InChI is InChI=1S/C25H30N5O8P/c1-3-37-24(32)29-11-9-25(10-12-29)13-18(22-19(38-25)7-8-20(27-22)36-2)26-23(31)17-6-4-5-16-14-30(28-21(16)17)15-39(33,34)35/h4-8,14,18H,3,9-13,15H2,1-2H3,(H,26,31)(H2,33,34,35)/t18-/m0/s1. The fourth-order valence-electron chi connectivity index (χ4n) is 5.15. The van der Waals surface area contributed by atoms with Gasteiger partial charge in [-0.2, -0.15) is 5.10 Å². The molecule has 3 aromatic rings. The van der Waals surface area contributed by atoms with Gasteiger partial charge in [-0.15, -0.1) is 0 Å². The molecule has 208 valence electrons. The van der Waals surface area contributed by atoms with E-state index in [1.54, 1.807) is 42.2 Å². The van der Waals surface area contributed by atoms with Crippen molar-refractivity contribution in [3.8, 4) is 11.6 Å². The highest BCUT2D eigenvalue weighted by Gasteiger charge is 2.45. The lowest BCUT2D eigenvalue weighted by atomic mass is 9.81. The third-order valence-corrected chi connectivity index (χ3v) is 7.62. The number of pyridine rings is 1. The summed E-state index contributed by atoms with van der Waals surface area (Å²) in [7, 11) is -2.85. The Hall–Kier alpha value is -3.67. The molecule has 1 saturated heterocycles. The summed E-state index contributed by atoms with van der Waals surface area (Å²) in [4.78, 5) is 50.7. The maximum absolute atomic E-state index is 13.6. The summed E-state index contributed by atoms with van der Waals surface area (Å²) in [6.45, 7) is 2.97. The van der Waals surface area contributed by atoms with Crippen molar-refractivity contribution in [1.29, 1.82) is 0 Å². The lowest BCUT2D eigenvalue weighted by Crippen LogP contribution is -2.53. The molecule has 13 nitrogen and oxygen atoms in total. The van der Waals surface area contributed by atoms with Gasteiger partial charge in [0, 0.05) is 50.0 Å². The molecule has 1 fully saturated rings. The molecule has 5 rings (SSSR count). The van der Waals surface area contributed by atoms with Gasteiger partial charge in [0.15, 0.2) is 0 Å². The van der Waals surface area contributed by atoms with Crippen LogP contribution in [0.25, 0.3) is 10.9 Å². The minimum atomic E-state index is -4.36. The van der Waals surface area contributed by atoms with Crippen LogP contribution in [0.5, 0.6) is 11.6 Å². The van der Waals surface area contributed by atoms with Crippen molar-refractivity contribution in [2.75, 3.05) is 26.8 Å². The third-order valence-electron chi connectivity index (χ3n) is 6.97. The van der Waals surface area contributed by atoms with Gasteiger partial charge in [-0.3, -0.25) is 14.0 Å². The number of methoxy groups -OCH3 is 1. The number of amides is 2. The second kappa shape index (κ2) is 10.5. The molecule has 0 unspecified atom stereocenters. The first kappa shape index (κ1) is 26.9. The van der Waals surface area contributed by atoms with Crippen LogP contribution in [0.15, 0.2) is 36.5 Å². The Morgan fingerprint density at radius 1 is 1.23 bits per heavy atom. The zero-order chi connectivity index (χ0) is 27.8. The largest absolute Gasteiger partial charge is 0.485 e. The second-order valence-corrected chi connectivity index (χ2v) is 11.3. The molecule has 2 aromatic heterocycles. The van der Waals surface area contributed by atoms with Gasteiger partial charge in [0.1, 0.15) is 28.8 Å². The van der Waals surface area contributed by atoms with Crippen LogP contribution < -0.4 is 14.8 Å². The molecule has 2 aliphatic heterocycles. The molecule has 0 bridgehead atoms. The van der Waals surface area contributed by atoms with Gasteiger partial charge in [-0.1, -0.05) is 12.1 Å². The average molecular weight is 560 g/mol. The summed E-state index contributed by atoms with van der Waals surface area (Å²) in [6, 6.07) is 7.95. The molecule has 2 aliphatic rings. The van der Waals surface area contributed by atoms with E-state index in [0.29, 0.717) is 67.2 Å². The molecule has 3 N–H and O–H groups in total. The Labute approximate surface area is 224 Å². The Bertz CT molecular complexity index is 1450. The second-order valence-electron chi connectivity index (χ2n) is 9.66. The van der Waals surface area contributed by atoms with Crippen molar-refractivity contribution in [3.05, 3.63) is 47.8 Å². The zero-order valence-electron chi connectivity index (χ0n) is 21.6. The normalized spacial score (nSPS) is 18.4. The molecular weight excluding hydrogens is 529 g/mol. The van der Waals surface area contributed by atoms with Crippen LogP contribution in [0.2, 0.25) is 0 Å². The number of ether oxygens (including phenoxy) is 3. The number of hydrogen-bond acceptors (Lipinski definition) is 8. The van der Waals surface area contributed by atoms with Gasteiger partial charge in [-0.05, 0) is 19.1 Å². The van der Waals surface area contributed by atoms with Crippen molar-refractivity contribution in [2.45, 2.75) is 44.1 Å². The summed E-state index contributed by atoms with van der Waals surface area (Å²) in [5.74, 6) is 0.493. The molecule has 4 heterocycles. The Morgan fingerprint density at radius 2 is 2.00 bits per heavy atom. The van der Waals surface area contributed by atoms with Gasteiger partial charge in [-0.25, -0.2) is 9.78 Å². The minimum absolute atomic E-state index is 0.263. The number of benzene rings is 1. The molecule has 39 heavy (non-hydrogen) atoms. The number of carbonyl (C=O) groups excluding carboxylic acids is 2. The summed E-state index contributed by atoms with van der Waals surface area (Å²) in [6.07, 6.45) is 2.06. The number of likely N-dealkylation sites (tertiary alicyclic amines) is 1. The van der Waals surface area contributed by atoms with E-state index in [4.69, 9.17) is 14.2 Å². The molecule has 1 atom stereocenters. The average Bonchev–Trinajstić information content (AvgIpc) is 3.29. The van der Waals surface area contributed by atoms with Crippen LogP contribution in [0.4, 0.5) is 4.79 Å². The number of fused-ring (bicyclic) bond motifs is 2. The van der Waals surface area contributed by atoms with Crippen LogP contribution in [-0.2, 0) is 15.6 Å². The van der Waals surface area contributed by atoms with E-state index in [1.165, 1.54) is 13.3 Å². The highest BCUT2D eigenvalue weighted by atomic mass is 31.2. The van der Waals surface area contributed by atoms with Crippen molar-refractivity contribution in [2.24, 2.45) is 0 Å². The zero-order valence-corrected chi connectivity index (χ0v) is 22.5. The molecular formula is C25H30N5O8P. The Morgan fingerprint density at radius 3 is 2.69 bits per heavy atom. The molecule has 0 saturated carbocycles. The van der Waals surface area contributed by atoms with Gasteiger partial charge >= 0.3 is 13.7 Å². The first-order valence-electron chi connectivity index (χ1n) is 12.6. The SMILES string of the molecule is CCOC(=O)N1CCC2(CC1)C[C@H](NC(=O)c1cccc3cn(CP(=O)(O)O)nc13)c1nc(OC)ccc1O2. The lowest BCUT2D eigenvalue weighted by molar-refractivity contribution is -0.0246. The predicted octanol–water partition coefficient (Wildman–Crippen LogP) is 2.82. The smallest absolute Gasteiger partial charge is 0.409 e. The van der Waals surface area contributed by atoms with Gasteiger partial charge < -0.3 is 34.2 Å². The van der Waals surface area contributed by atoms with Crippen LogP contribution in [0, 0.1) is 0 Å². The van der Waals surface area contributed by atoms with Crippen LogP contribution in [-0.4, -0.2) is 73.9 Å². The fourth-order valence-corrected chi connectivity index (χ4v) is 5.67. The van der Waals surface area contributed by atoms with Gasteiger partial charge in [0.2, 0.25) is 5.88 Å². The number of aromatic nitrogens is 3. The monoisotopic (exact) mass is 559 g/mol. The summed E-state index contributed by atoms with van der Waals surface area (Å²) in [5, 5.41) is 7.91. The van der Waals surface area contributed by atoms with Crippen LogP contribution in [0.1, 0.15) is 48.3 Å². The fraction of sp³-hybridized carbons (Fsp3) is 0.440.